The molecule has 20 heavy (non-hydrogen) atoms. The van der Waals surface area contributed by atoms with Crippen molar-refractivity contribution in [3.63, 3.8) is 0 Å². The summed E-state index contributed by atoms with van der Waals surface area (Å²) in [6.45, 7) is 2.14. The summed E-state index contributed by atoms with van der Waals surface area (Å²) >= 11 is 0. The van der Waals surface area contributed by atoms with Crippen LogP contribution in [0.2, 0.25) is 0 Å². The molecule has 4 heteroatoms. The number of hydrogen-bond donors (Lipinski definition) is 1. The van der Waals surface area contributed by atoms with Gasteiger partial charge in [0.1, 0.15) is 12.4 Å². The minimum atomic E-state index is -0.0856. The van der Waals surface area contributed by atoms with Gasteiger partial charge >= 0.3 is 0 Å². The first kappa shape index (κ1) is 14.7. The van der Waals surface area contributed by atoms with E-state index < -0.39 is 0 Å². The summed E-state index contributed by atoms with van der Waals surface area (Å²) in [6, 6.07) is 9.99. The number of benzene rings is 1. The summed E-state index contributed by atoms with van der Waals surface area (Å²) < 4.78 is 1.97. The van der Waals surface area contributed by atoms with Gasteiger partial charge in [-0.15, -0.1) is 10.2 Å². The van der Waals surface area contributed by atoms with Crippen molar-refractivity contribution in [1.29, 1.82) is 0 Å². The number of aromatic nitrogens is 3. The fourth-order valence-electron chi connectivity index (χ4n) is 2.38. The van der Waals surface area contributed by atoms with Crippen LogP contribution in [0.4, 0.5) is 0 Å². The second-order valence-corrected chi connectivity index (χ2v) is 5.03. The zero-order chi connectivity index (χ0) is 14.2. The highest BCUT2D eigenvalue weighted by Gasteiger charge is 2.12. The molecule has 2 aromatic rings. The van der Waals surface area contributed by atoms with Gasteiger partial charge < -0.3 is 5.11 Å². The molecule has 0 unspecified atom stereocenters. The lowest BCUT2D eigenvalue weighted by Gasteiger charge is -2.09. The highest BCUT2D eigenvalue weighted by atomic mass is 16.3. The van der Waals surface area contributed by atoms with Crippen LogP contribution in [0.3, 0.4) is 0 Å². The predicted octanol–water partition coefficient (Wildman–Crippen LogP) is 3.27. The minimum absolute atomic E-state index is 0.0856. The van der Waals surface area contributed by atoms with Crippen molar-refractivity contribution in [2.45, 2.75) is 52.1 Å². The van der Waals surface area contributed by atoms with E-state index in [1.165, 1.54) is 25.7 Å². The highest BCUT2D eigenvalue weighted by Crippen LogP contribution is 2.15. The lowest BCUT2D eigenvalue weighted by atomic mass is 10.1. The number of aliphatic hydroxyl groups excluding tert-OH is 1. The smallest absolute Gasteiger partial charge is 0.163 e. The third-order valence-corrected chi connectivity index (χ3v) is 3.46. The Bertz CT molecular complexity index is 508. The monoisotopic (exact) mass is 273 g/mol. The summed E-state index contributed by atoms with van der Waals surface area (Å²) in [5.41, 5.74) is 1.02. The molecule has 0 radical (unpaired) electrons. The summed E-state index contributed by atoms with van der Waals surface area (Å²) in [4.78, 5) is 0. The second-order valence-electron chi connectivity index (χ2n) is 5.03. The molecule has 0 amide bonds. The first-order valence-corrected chi connectivity index (χ1v) is 7.46. The number of aryl methyl sites for hydroxylation is 1. The van der Waals surface area contributed by atoms with Gasteiger partial charge in [0.2, 0.25) is 0 Å². The van der Waals surface area contributed by atoms with Crippen molar-refractivity contribution in [3.05, 3.63) is 42.0 Å². The molecule has 1 heterocycles. The SMILES string of the molecule is CCCCCCCc1nnc(CO)n1-c1ccccc1. The summed E-state index contributed by atoms with van der Waals surface area (Å²) in [5.74, 6) is 1.55. The van der Waals surface area contributed by atoms with Crippen molar-refractivity contribution >= 4 is 0 Å². The number of para-hydroxylation sites is 1. The molecule has 0 saturated heterocycles. The first-order chi connectivity index (χ1) is 9.86. The molecule has 0 aliphatic heterocycles. The van der Waals surface area contributed by atoms with Gasteiger partial charge in [-0.25, -0.2) is 0 Å². The minimum Gasteiger partial charge on any atom is -0.388 e. The number of rotatable bonds is 8. The Kier molecular flexibility index (Phi) is 5.74. The Morgan fingerprint density at radius 1 is 0.950 bits per heavy atom. The van der Waals surface area contributed by atoms with Crippen molar-refractivity contribution < 1.29 is 5.11 Å². The van der Waals surface area contributed by atoms with E-state index in [0.29, 0.717) is 5.82 Å². The first-order valence-electron chi connectivity index (χ1n) is 7.46. The van der Waals surface area contributed by atoms with Gasteiger partial charge in [0.25, 0.3) is 0 Å². The van der Waals surface area contributed by atoms with Crippen LogP contribution in [0.1, 0.15) is 50.7 Å². The average Bonchev–Trinajstić information content (AvgIpc) is 2.91. The van der Waals surface area contributed by atoms with E-state index in [1.54, 1.807) is 0 Å². The van der Waals surface area contributed by atoms with Crippen molar-refractivity contribution in [1.82, 2.24) is 14.8 Å². The van der Waals surface area contributed by atoms with E-state index in [-0.39, 0.29) is 6.61 Å². The Hall–Kier alpha value is -1.68. The van der Waals surface area contributed by atoms with Crippen LogP contribution in [-0.2, 0) is 13.0 Å². The normalized spacial score (nSPS) is 10.9. The molecule has 0 atom stereocenters. The van der Waals surface area contributed by atoms with Crippen LogP contribution >= 0.6 is 0 Å². The van der Waals surface area contributed by atoms with Gasteiger partial charge in [0, 0.05) is 12.1 Å². The molecule has 0 bridgehead atoms. The molecular formula is C16H23N3O. The fraction of sp³-hybridized carbons (Fsp3) is 0.500. The van der Waals surface area contributed by atoms with E-state index >= 15 is 0 Å². The standard InChI is InChI=1S/C16H23N3O/c1-2-3-4-5-9-12-15-17-18-16(13-20)19(15)14-10-7-6-8-11-14/h6-8,10-11,20H,2-5,9,12-13H2,1H3. The number of hydrogen-bond acceptors (Lipinski definition) is 3. The third kappa shape index (κ3) is 3.67. The summed E-state index contributed by atoms with van der Waals surface area (Å²) in [5, 5.41) is 17.7. The predicted molar refractivity (Wildman–Crippen MR) is 79.7 cm³/mol. The van der Waals surface area contributed by atoms with Crippen LogP contribution < -0.4 is 0 Å². The summed E-state index contributed by atoms with van der Waals surface area (Å²) in [7, 11) is 0. The van der Waals surface area contributed by atoms with Crippen LogP contribution in [0.25, 0.3) is 5.69 Å². The third-order valence-electron chi connectivity index (χ3n) is 3.46. The van der Waals surface area contributed by atoms with Gasteiger partial charge in [-0.2, -0.15) is 0 Å². The Balaban J connectivity index is 2.08. The molecule has 0 saturated carbocycles. The van der Waals surface area contributed by atoms with Gasteiger partial charge in [0.15, 0.2) is 5.82 Å². The maximum atomic E-state index is 9.41. The molecule has 0 aliphatic rings. The summed E-state index contributed by atoms with van der Waals surface area (Å²) in [6.07, 6.45) is 7.09. The maximum absolute atomic E-state index is 9.41. The van der Waals surface area contributed by atoms with Crippen molar-refractivity contribution in [2.75, 3.05) is 0 Å². The van der Waals surface area contributed by atoms with E-state index in [4.69, 9.17) is 0 Å². The number of aliphatic hydroxyl groups is 1. The average molecular weight is 273 g/mol. The highest BCUT2D eigenvalue weighted by molar-refractivity contribution is 5.33. The van der Waals surface area contributed by atoms with Gasteiger partial charge in [-0.1, -0.05) is 50.8 Å². The Morgan fingerprint density at radius 2 is 1.65 bits per heavy atom. The largest absolute Gasteiger partial charge is 0.388 e. The molecule has 2 rings (SSSR count). The topological polar surface area (TPSA) is 50.9 Å². The van der Waals surface area contributed by atoms with Crippen molar-refractivity contribution in [3.8, 4) is 5.69 Å². The molecule has 0 spiro atoms. The molecule has 108 valence electrons. The number of nitrogens with zero attached hydrogens (tertiary/aromatic N) is 3. The van der Waals surface area contributed by atoms with Crippen LogP contribution in [0.5, 0.6) is 0 Å². The molecule has 1 aromatic heterocycles. The Labute approximate surface area is 120 Å². The second kappa shape index (κ2) is 7.80. The van der Waals surface area contributed by atoms with Gasteiger partial charge in [-0.05, 0) is 18.6 Å². The number of unbranched alkanes of at least 4 members (excludes halogenated alkanes) is 4. The molecule has 4 nitrogen and oxygen atoms in total. The van der Waals surface area contributed by atoms with Gasteiger partial charge in [0.05, 0.1) is 0 Å². The fourth-order valence-corrected chi connectivity index (χ4v) is 2.38. The van der Waals surface area contributed by atoms with Gasteiger partial charge in [-0.3, -0.25) is 4.57 Å². The quantitative estimate of drug-likeness (QED) is 0.751. The molecular weight excluding hydrogens is 250 g/mol. The zero-order valence-corrected chi connectivity index (χ0v) is 12.1. The van der Waals surface area contributed by atoms with Crippen LogP contribution in [0, 0.1) is 0 Å². The lowest BCUT2D eigenvalue weighted by Crippen LogP contribution is -2.05. The zero-order valence-electron chi connectivity index (χ0n) is 12.1. The van der Waals surface area contributed by atoms with E-state index in [2.05, 4.69) is 17.1 Å². The molecule has 1 aromatic carbocycles. The van der Waals surface area contributed by atoms with E-state index in [0.717, 1.165) is 24.4 Å². The lowest BCUT2D eigenvalue weighted by molar-refractivity contribution is 0.268. The van der Waals surface area contributed by atoms with Crippen LogP contribution in [-0.4, -0.2) is 19.9 Å². The molecule has 0 fully saturated rings. The molecule has 0 aliphatic carbocycles. The van der Waals surface area contributed by atoms with E-state index in [9.17, 15) is 5.11 Å². The van der Waals surface area contributed by atoms with E-state index in [1.807, 2.05) is 34.9 Å². The molecule has 1 N–H and O–H groups in total. The van der Waals surface area contributed by atoms with Crippen LogP contribution in [0.15, 0.2) is 30.3 Å². The van der Waals surface area contributed by atoms with Crippen molar-refractivity contribution in [2.24, 2.45) is 0 Å². The Morgan fingerprint density at radius 3 is 2.35 bits per heavy atom. The maximum Gasteiger partial charge on any atom is 0.163 e.